The molecule has 0 bridgehead atoms. The summed E-state index contributed by atoms with van der Waals surface area (Å²) < 4.78 is 0. The number of aromatic nitrogens is 2. The smallest absolute Gasteiger partial charge is 0.235 e. The number of nitrogens with zero attached hydrogens (tertiary/aromatic N) is 4. The van der Waals surface area contributed by atoms with Crippen molar-refractivity contribution in [3.8, 4) is 0 Å². The largest absolute Gasteiger partial charge is 0.341 e. The molecule has 6 heteroatoms. The number of hydrogen-bond donors (Lipinski definition) is 0. The Kier molecular flexibility index (Phi) is 3.95. The number of anilines is 1. The van der Waals surface area contributed by atoms with Gasteiger partial charge in [0.05, 0.1) is 23.7 Å². The van der Waals surface area contributed by atoms with Crippen molar-refractivity contribution in [2.75, 3.05) is 24.5 Å². The first-order valence-electron chi connectivity index (χ1n) is 8.58. The van der Waals surface area contributed by atoms with E-state index in [2.05, 4.69) is 9.97 Å². The van der Waals surface area contributed by atoms with Crippen LogP contribution in [0.25, 0.3) is 0 Å². The van der Waals surface area contributed by atoms with E-state index in [0.717, 1.165) is 24.2 Å². The van der Waals surface area contributed by atoms with E-state index in [4.69, 9.17) is 0 Å². The SMILES string of the molecule is O=C(Cc1ccccn1)N1CCC2(CCN(c3cccnc3)C2=O)C1. The molecule has 1 spiro atoms. The number of likely N-dealkylation sites (tertiary alicyclic amines) is 1. The summed E-state index contributed by atoms with van der Waals surface area (Å²) in [6.07, 6.45) is 6.92. The fourth-order valence-electron chi connectivity index (χ4n) is 3.81. The lowest BCUT2D eigenvalue weighted by molar-refractivity contribution is -0.130. The summed E-state index contributed by atoms with van der Waals surface area (Å²) in [6.45, 7) is 1.83. The molecular weight excluding hydrogens is 316 g/mol. The summed E-state index contributed by atoms with van der Waals surface area (Å²) in [7, 11) is 0. The first-order chi connectivity index (χ1) is 12.2. The molecule has 2 amide bonds. The average Bonchev–Trinajstić information content (AvgIpc) is 3.22. The van der Waals surface area contributed by atoms with Gasteiger partial charge in [0.2, 0.25) is 11.8 Å². The van der Waals surface area contributed by atoms with Crippen LogP contribution >= 0.6 is 0 Å². The van der Waals surface area contributed by atoms with Crippen molar-refractivity contribution < 1.29 is 9.59 Å². The molecule has 2 aromatic rings. The molecule has 6 nitrogen and oxygen atoms in total. The van der Waals surface area contributed by atoms with E-state index < -0.39 is 5.41 Å². The van der Waals surface area contributed by atoms with E-state index >= 15 is 0 Å². The van der Waals surface area contributed by atoms with Crippen LogP contribution < -0.4 is 4.90 Å². The topological polar surface area (TPSA) is 66.4 Å². The molecule has 4 heterocycles. The normalized spacial score (nSPS) is 22.8. The van der Waals surface area contributed by atoms with Crippen molar-refractivity contribution in [3.05, 3.63) is 54.6 Å². The number of hydrogen-bond acceptors (Lipinski definition) is 4. The van der Waals surface area contributed by atoms with Crippen molar-refractivity contribution in [1.29, 1.82) is 0 Å². The fourth-order valence-corrected chi connectivity index (χ4v) is 3.81. The second kappa shape index (κ2) is 6.27. The Morgan fingerprint density at radius 2 is 2.00 bits per heavy atom. The van der Waals surface area contributed by atoms with Crippen molar-refractivity contribution in [2.24, 2.45) is 5.41 Å². The maximum atomic E-state index is 13.0. The Hall–Kier alpha value is -2.76. The maximum absolute atomic E-state index is 13.0. The van der Waals surface area contributed by atoms with Gasteiger partial charge < -0.3 is 9.80 Å². The third kappa shape index (κ3) is 2.88. The lowest BCUT2D eigenvalue weighted by Gasteiger charge is -2.23. The molecule has 2 saturated heterocycles. The highest BCUT2D eigenvalue weighted by Crippen LogP contribution is 2.42. The third-order valence-electron chi connectivity index (χ3n) is 5.24. The fraction of sp³-hybridized carbons (Fsp3) is 0.368. The Bertz CT molecular complexity index is 781. The van der Waals surface area contributed by atoms with Crippen LogP contribution in [0.1, 0.15) is 18.5 Å². The van der Waals surface area contributed by atoms with Crippen LogP contribution in [-0.2, 0) is 16.0 Å². The zero-order valence-corrected chi connectivity index (χ0v) is 14.0. The zero-order valence-electron chi connectivity index (χ0n) is 14.0. The highest BCUT2D eigenvalue weighted by atomic mass is 16.2. The van der Waals surface area contributed by atoms with E-state index in [1.807, 2.05) is 35.2 Å². The monoisotopic (exact) mass is 336 g/mol. The molecule has 2 aliphatic heterocycles. The molecule has 0 aromatic carbocycles. The number of carbonyl (C=O) groups is 2. The van der Waals surface area contributed by atoms with Gasteiger partial charge in [-0.3, -0.25) is 19.6 Å². The maximum Gasteiger partial charge on any atom is 0.235 e. The minimum absolute atomic E-state index is 0.0446. The molecule has 25 heavy (non-hydrogen) atoms. The van der Waals surface area contributed by atoms with Crippen LogP contribution in [0.2, 0.25) is 0 Å². The number of carbonyl (C=O) groups excluding carboxylic acids is 2. The molecule has 0 aliphatic carbocycles. The Morgan fingerprint density at radius 1 is 1.12 bits per heavy atom. The van der Waals surface area contributed by atoms with Gasteiger partial charge in [0.25, 0.3) is 0 Å². The van der Waals surface area contributed by atoms with Crippen molar-refractivity contribution >= 4 is 17.5 Å². The molecule has 0 saturated carbocycles. The lowest BCUT2D eigenvalue weighted by Crippen LogP contribution is -2.38. The predicted octanol–water partition coefficient (Wildman–Crippen LogP) is 1.67. The van der Waals surface area contributed by atoms with Crippen LogP contribution in [0.3, 0.4) is 0 Å². The van der Waals surface area contributed by atoms with Gasteiger partial charge in [-0.05, 0) is 37.1 Å². The number of rotatable bonds is 3. The summed E-state index contributed by atoms with van der Waals surface area (Å²) >= 11 is 0. The molecule has 4 rings (SSSR count). The van der Waals surface area contributed by atoms with Gasteiger partial charge in [-0.25, -0.2) is 0 Å². The summed E-state index contributed by atoms with van der Waals surface area (Å²) in [4.78, 5) is 37.5. The van der Waals surface area contributed by atoms with Gasteiger partial charge in [-0.2, -0.15) is 0 Å². The summed E-state index contributed by atoms with van der Waals surface area (Å²) in [5.41, 5.74) is 1.17. The highest BCUT2D eigenvalue weighted by Gasteiger charge is 2.51. The molecule has 1 atom stereocenters. The summed E-state index contributed by atoms with van der Waals surface area (Å²) in [5, 5.41) is 0. The Morgan fingerprint density at radius 3 is 2.76 bits per heavy atom. The predicted molar refractivity (Wildman–Crippen MR) is 92.8 cm³/mol. The van der Waals surface area contributed by atoms with Crippen LogP contribution in [0, 0.1) is 5.41 Å². The van der Waals surface area contributed by atoms with Crippen molar-refractivity contribution in [1.82, 2.24) is 14.9 Å². The Labute approximate surface area is 146 Å². The minimum atomic E-state index is -0.435. The third-order valence-corrected chi connectivity index (χ3v) is 5.24. The number of pyridine rings is 2. The van der Waals surface area contributed by atoms with Gasteiger partial charge >= 0.3 is 0 Å². The number of amides is 2. The van der Waals surface area contributed by atoms with E-state index in [1.165, 1.54) is 0 Å². The zero-order chi connectivity index (χ0) is 17.3. The molecule has 128 valence electrons. The van der Waals surface area contributed by atoms with Gasteiger partial charge in [-0.1, -0.05) is 6.07 Å². The molecular formula is C19H20N4O2. The van der Waals surface area contributed by atoms with E-state index in [0.29, 0.717) is 19.6 Å². The van der Waals surface area contributed by atoms with Crippen LogP contribution in [0.15, 0.2) is 48.9 Å². The van der Waals surface area contributed by atoms with Crippen LogP contribution in [0.4, 0.5) is 5.69 Å². The lowest BCUT2D eigenvalue weighted by atomic mass is 9.85. The van der Waals surface area contributed by atoms with Gasteiger partial charge in [-0.15, -0.1) is 0 Å². The second-order valence-corrected chi connectivity index (χ2v) is 6.76. The minimum Gasteiger partial charge on any atom is -0.341 e. The van der Waals surface area contributed by atoms with E-state index in [-0.39, 0.29) is 18.2 Å². The first-order valence-corrected chi connectivity index (χ1v) is 8.58. The van der Waals surface area contributed by atoms with E-state index in [9.17, 15) is 9.59 Å². The average molecular weight is 336 g/mol. The second-order valence-electron chi connectivity index (χ2n) is 6.76. The first kappa shape index (κ1) is 15.7. The van der Waals surface area contributed by atoms with Gasteiger partial charge in [0, 0.05) is 37.7 Å². The molecule has 1 unspecified atom stereocenters. The van der Waals surface area contributed by atoms with Crippen molar-refractivity contribution in [3.63, 3.8) is 0 Å². The molecule has 2 aliphatic rings. The molecule has 2 aromatic heterocycles. The summed E-state index contributed by atoms with van der Waals surface area (Å²) in [5.74, 6) is 0.164. The quantitative estimate of drug-likeness (QED) is 0.855. The standard InChI is InChI=1S/C19H20N4O2/c24-17(12-15-4-1-2-9-21-15)22-10-6-19(14-22)7-11-23(18(19)25)16-5-3-8-20-13-16/h1-5,8-9,13H,6-7,10-12,14H2. The van der Waals surface area contributed by atoms with Crippen molar-refractivity contribution in [2.45, 2.75) is 19.3 Å². The molecule has 0 radical (unpaired) electrons. The Balaban J connectivity index is 1.45. The van der Waals surface area contributed by atoms with E-state index in [1.54, 1.807) is 23.5 Å². The van der Waals surface area contributed by atoms with Gasteiger partial charge in [0.1, 0.15) is 0 Å². The summed E-state index contributed by atoms with van der Waals surface area (Å²) in [6, 6.07) is 9.32. The van der Waals surface area contributed by atoms with Gasteiger partial charge in [0.15, 0.2) is 0 Å². The van der Waals surface area contributed by atoms with Crippen LogP contribution in [-0.4, -0.2) is 46.3 Å². The van der Waals surface area contributed by atoms with Crippen LogP contribution in [0.5, 0.6) is 0 Å². The highest BCUT2D eigenvalue weighted by molar-refractivity contribution is 6.00. The molecule has 2 fully saturated rings. The molecule has 0 N–H and O–H groups in total.